The van der Waals surface area contributed by atoms with E-state index in [2.05, 4.69) is 18.8 Å². The zero-order valence-corrected chi connectivity index (χ0v) is 8.34. The Morgan fingerprint density at radius 2 is 2.25 bits per heavy atom. The highest BCUT2D eigenvalue weighted by Crippen LogP contribution is 1.96. The number of methoxy groups -OCH3 is 1. The van der Waals surface area contributed by atoms with Gasteiger partial charge in [0.1, 0.15) is 0 Å². The van der Waals surface area contributed by atoms with Crippen molar-refractivity contribution >= 4 is 5.84 Å². The summed E-state index contributed by atoms with van der Waals surface area (Å²) >= 11 is 0. The molecule has 1 atom stereocenters. The number of amidine groups is 1. The van der Waals surface area contributed by atoms with Gasteiger partial charge in [-0.25, -0.2) is 0 Å². The van der Waals surface area contributed by atoms with Crippen molar-refractivity contribution < 1.29 is 4.74 Å². The second-order valence-corrected chi connectivity index (χ2v) is 3.14. The molecule has 0 amide bonds. The van der Waals surface area contributed by atoms with Crippen LogP contribution in [0, 0.1) is 5.92 Å². The highest BCUT2D eigenvalue weighted by Gasteiger charge is 1.99. The SMILES string of the molecule is CCCC(N)=NCC(C)COC. The van der Waals surface area contributed by atoms with Crippen molar-refractivity contribution in [3.8, 4) is 0 Å². The molecule has 0 aromatic heterocycles. The zero-order valence-electron chi connectivity index (χ0n) is 8.34. The molecule has 0 aromatic rings. The Labute approximate surface area is 75.0 Å². The van der Waals surface area contributed by atoms with Gasteiger partial charge >= 0.3 is 0 Å². The zero-order chi connectivity index (χ0) is 9.40. The molecule has 0 heterocycles. The first-order valence-electron chi connectivity index (χ1n) is 4.48. The molecule has 12 heavy (non-hydrogen) atoms. The molecule has 0 bridgehead atoms. The average molecular weight is 172 g/mol. The fraction of sp³-hybridized carbons (Fsp3) is 0.889. The lowest BCUT2D eigenvalue weighted by Crippen LogP contribution is -2.15. The summed E-state index contributed by atoms with van der Waals surface area (Å²) in [6, 6.07) is 0. The van der Waals surface area contributed by atoms with Crippen LogP contribution in [0.1, 0.15) is 26.7 Å². The van der Waals surface area contributed by atoms with Crippen molar-refractivity contribution in [2.24, 2.45) is 16.6 Å². The Morgan fingerprint density at radius 1 is 1.58 bits per heavy atom. The summed E-state index contributed by atoms with van der Waals surface area (Å²) in [5.74, 6) is 1.23. The first-order valence-corrected chi connectivity index (χ1v) is 4.48. The highest BCUT2D eigenvalue weighted by molar-refractivity contribution is 5.80. The third-order valence-corrected chi connectivity index (χ3v) is 1.56. The minimum Gasteiger partial charge on any atom is -0.387 e. The summed E-state index contributed by atoms with van der Waals surface area (Å²) in [6.07, 6.45) is 1.97. The largest absolute Gasteiger partial charge is 0.387 e. The smallest absolute Gasteiger partial charge is 0.0937 e. The molecule has 72 valence electrons. The van der Waals surface area contributed by atoms with E-state index < -0.39 is 0 Å². The molecule has 0 aromatic carbocycles. The average Bonchev–Trinajstić information content (AvgIpc) is 2.02. The van der Waals surface area contributed by atoms with E-state index in [1.165, 1.54) is 0 Å². The van der Waals surface area contributed by atoms with Crippen molar-refractivity contribution in [3.63, 3.8) is 0 Å². The topological polar surface area (TPSA) is 47.6 Å². The Bertz CT molecular complexity index is 134. The minimum atomic E-state index is 0.463. The standard InChI is InChI=1S/C9H20N2O/c1-4-5-9(10)11-6-8(2)7-12-3/h8H,4-7H2,1-3H3,(H2,10,11). The van der Waals surface area contributed by atoms with Gasteiger partial charge in [-0.05, 0) is 12.3 Å². The van der Waals surface area contributed by atoms with Gasteiger partial charge < -0.3 is 10.5 Å². The van der Waals surface area contributed by atoms with Gasteiger partial charge in [-0.1, -0.05) is 13.8 Å². The van der Waals surface area contributed by atoms with Gasteiger partial charge in [0.2, 0.25) is 0 Å². The maximum atomic E-state index is 5.64. The molecule has 0 aliphatic rings. The van der Waals surface area contributed by atoms with E-state index in [0.717, 1.165) is 31.8 Å². The van der Waals surface area contributed by atoms with Crippen molar-refractivity contribution in [2.45, 2.75) is 26.7 Å². The number of nitrogens with zero attached hydrogens (tertiary/aromatic N) is 1. The Hall–Kier alpha value is -0.570. The van der Waals surface area contributed by atoms with Crippen molar-refractivity contribution in [1.29, 1.82) is 0 Å². The molecular formula is C9H20N2O. The summed E-state index contributed by atoms with van der Waals surface area (Å²) in [5, 5.41) is 0. The normalized spacial score (nSPS) is 14.8. The van der Waals surface area contributed by atoms with Crippen LogP contribution in [0.5, 0.6) is 0 Å². The van der Waals surface area contributed by atoms with E-state index in [-0.39, 0.29) is 0 Å². The molecule has 0 saturated carbocycles. The molecule has 0 spiro atoms. The number of nitrogens with two attached hydrogens (primary N) is 1. The number of hydrogen-bond acceptors (Lipinski definition) is 2. The van der Waals surface area contributed by atoms with E-state index in [0.29, 0.717) is 5.92 Å². The van der Waals surface area contributed by atoms with Crippen LogP contribution in [0.25, 0.3) is 0 Å². The van der Waals surface area contributed by atoms with E-state index >= 15 is 0 Å². The predicted octanol–water partition coefficient (Wildman–Crippen LogP) is 1.43. The predicted molar refractivity (Wildman–Crippen MR) is 52.4 cm³/mol. The Morgan fingerprint density at radius 3 is 2.75 bits per heavy atom. The molecular weight excluding hydrogens is 152 g/mol. The van der Waals surface area contributed by atoms with E-state index in [1.807, 2.05) is 0 Å². The number of hydrogen-bond donors (Lipinski definition) is 1. The van der Waals surface area contributed by atoms with Crippen LogP contribution in [-0.2, 0) is 4.74 Å². The third kappa shape index (κ3) is 6.16. The summed E-state index contributed by atoms with van der Waals surface area (Å²) in [7, 11) is 1.70. The van der Waals surface area contributed by atoms with Gasteiger partial charge in [0.15, 0.2) is 0 Å². The van der Waals surface area contributed by atoms with Crippen LogP contribution in [0.4, 0.5) is 0 Å². The molecule has 0 aliphatic heterocycles. The number of rotatable bonds is 6. The van der Waals surface area contributed by atoms with Gasteiger partial charge in [0, 0.05) is 20.1 Å². The van der Waals surface area contributed by atoms with Crippen LogP contribution in [-0.4, -0.2) is 26.1 Å². The second-order valence-electron chi connectivity index (χ2n) is 3.14. The molecule has 0 rings (SSSR count). The van der Waals surface area contributed by atoms with Crippen LogP contribution >= 0.6 is 0 Å². The van der Waals surface area contributed by atoms with E-state index in [9.17, 15) is 0 Å². The molecule has 3 nitrogen and oxygen atoms in total. The van der Waals surface area contributed by atoms with Gasteiger partial charge in [0.05, 0.1) is 12.4 Å². The molecule has 0 radical (unpaired) electrons. The lowest BCUT2D eigenvalue weighted by Gasteiger charge is -2.06. The van der Waals surface area contributed by atoms with Crippen LogP contribution < -0.4 is 5.73 Å². The third-order valence-electron chi connectivity index (χ3n) is 1.56. The molecule has 0 aliphatic carbocycles. The quantitative estimate of drug-likeness (QED) is 0.486. The second kappa shape index (κ2) is 7.10. The van der Waals surface area contributed by atoms with Crippen LogP contribution in [0.3, 0.4) is 0 Å². The highest BCUT2D eigenvalue weighted by atomic mass is 16.5. The molecule has 0 fully saturated rings. The van der Waals surface area contributed by atoms with Crippen molar-refractivity contribution in [3.05, 3.63) is 0 Å². The first-order chi connectivity index (χ1) is 5.70. The van der Waals surface area contributed by atoms with Crippen LogP contribution in [0.15, 0.2) is 4.99 Å². The van der Waals surface area contributed by atoms with E-state index in [4.69, 9.17) is 10.5 Å². The summed E-state index contributed by atoms with van der Waals surface area (Å²) in [5.41, 5.74) is 5.64. The van der Waals surface area contributed by atoms with Gasteiger partial charge in [0.25, 0.3) is 0 Å². The van der Waals surface area contributed by atoms with Gasteiger partial charge in [-0.2, -0.15) is 0 Å². The summed E-state index contributed by atoms with van der Waals surface area (Å²) < 4.78 is 4.99. The number of ether oxygens (including phenoxy) is 1. The monoisotopic (exact) mass is 172 g/mol. The molecule has 1 unspecified atom stereocenters. The fourth-order valence-corrected chi connectivity index (χ4v) is 0.946. The first kappa shape index (κ1) is 11.4. The fourth-order valence-electron chi connectivity index (χ4n) is 0.946. The Kier molecular flexibility index (Phi) is 6.76. The summed E-state index contributed by atoms with van der Waals surface area (Å²) in [4.78, 5) is 4.25. The van der Waals surface area contributed by atoms with Gasteiger partial charge in [-0.3, -0.25) is 4.99 Å². The molecule has 0 saturated heterocycles. The number of aliphatic imine (C=N–C) groups is 1. The minimum absolute atomic E-state index is 0.463. The Balaban J connectivity index is 3.55. The lowest BCUT2D eigenvalue weighted by molar-refractivity contribution is 0.163. The van der Waals surface area contributed by atoms with Crippen molar-refractivity contribution in [2.75, 3.05) is 20.3 Å². The maximum absolute atomic E-state index is 5.64. The molecule has 3 heteroatoms. The summed E-state index contributed by atoms with van der Waals surface area (Å²) in [6.45, 7) is 5.73. The van der Waals surface area contributed by atoms with Crippen LogP contribution in [0.2, 0.25) is 0 Å². The van der Waals surface area contributed by atoms with Gasteiger partial charge in [-0.15, -0.1) is 0 Å². The van der Waals surface area contributed by atoms with Crippen molar-refractivity contribution in [1.82, 2.24) is 0 Å². The lowest BCUT2D eigenvalue weighted by atomic mass is 10.2. The molecule has 2 N–H and O–H groups in total. The maximum Gasteiger partial charge on any atom is 0.0937 e. The van der Waals surface area contributed by atoms with E-state index in [1.54, 1.807) is 7.11 Å².